The molecule has 6 nitrogen and oxygen atoms in total. The Bertz CT molecular complexity index is 687. The maximum atomic E-state index is 12.6. The molecule has 3 rings (SSSR count). The molecule has 1 fully saturated rings. The standard InChI is InChI=1S/C16H19F3N4O2/c1-22-5-4-20-14(22)10-23-6-7-24-11-13(9-23)25-15-3-2-12(8-21-15)16(17,18)19/h2-5,8,13H,6-7,9-11H2,1H3/t13-/m1/s1. The number of alkyl halides is 3. The first-order valence-electron chi connectivity index (χ1n) is 7.88. The zero-order valence-electron chi connectivity index (χ0n) is 13.7. The molecule has 0 N–H and O–H groups in total. The number of imidazole rings is 1. The minimum atomic E-state index is -4.41. The van der Waals surface area contributed by atoms with Crippen LogP contribution < -0.4 is 4.74 Å². The van der Waals surface area contributed by atoms with E-state index < -0.39 is 11.7 Å². The van der Waals surface area contributed by atoms with Gasteiger partial charge in [0, 0.05) is 44.8 Å². The van der Waals surface area contributed by atoms with Crippen LogP contribution in [0, 0.1) is 0 Å². The van der Waals surface area contributed by atoms with Crippen LogP contribution in [0.1, 0.15) is 11.4 Å². The van der Waals surface area contributed by atoms with Crippen LogP contribution in [0.5, 0.6) is 5.88 Å². The molecule has 1 atom stereocenters. The number of halogens is 3. The Hall–Kier alpha value is -2.13. The van der Waals surface area contributed by atoms with Crippen molar-refractivity contribution in [3.05, 3.63) is 42.1 Å². The number of ether oxygens (including phenoxy) is 2. The fourth-order valence-corrected chi connectivity index (χ4v) is 2.59. The van der Waals surface area contributed by atoms with Crippen LogP contribution in [0.15, 0.2) is 30.7 Å². The van der Waals surface area contributed by atoms with Crippen molar-refractivity contribution in [2.45, 2.75) is 18.8 Å². The lowest BCUT2D eigenvalue weighted by Gasteiger charge is -2.23. The topological polar surface area (TPSA) is 52.4 Å². The highest BCUT2D eigenvalue weighted by molar-refractivity contribution is 5.20. The van der Waals surface area contributed by atoms with Gasteiger partial charge >= 0.3 is 6.18 Å². The van der Waals surface area contributed by atoms with Gasteiger partial charge in [0.05, 0.1) is 25.3 Å². The molecular weight excluding hydrogens is 337 g/mol. The Morgan fingerprint density at radius 2 is 2.16 bits per heavy atom. The van der Waals surface area contributed by atoms with Gasteiger partial charge in [-0.25, -0.2) is 9.97 Å². The quantitative estimate of drug-likeness (QED) is 0.840. The van der Waals surface area contributed by atoms with Gasteiger partial charge in [0.2, 0.25) is 5.88 Å². The number of aryl methyl sites for hydroxylation is 1. The zero-order valence-corrected chi connectivity index (χ0v) is 13.7. The molecule has 9 heteroatoms. The maximum Gasteiger partial charge on any atom is 0.417 e. The maximum absolute atomic E-state index is 12.6. The molecule has 0 spiro atoms. The van der Waals surface area contributed by atoms with Gasteiger partial charge in [-0.05, 0) is 6.07 Å². The zero-order chi connectivity index (χ0) is 17.9. The summed E-state index contributed by atoms with van der Waals surface area (Å²) in [7, 11) is 1.93. The molecule has 0 saturated carbocycles. The van der Waals surface area contributed by atoms with Crippen LogP contribution in [0.2, 0.25) is 0 Å². The summed E-state index contributed by atoms with van der Waals surface area (Å²) in [5.74, 6) is 1.08. The van der Waals surface area contributed by atoms with E-state index in [0.29, 0.717) is 26.3 Å². The van der Waals surface area contributed by atoms with Crippen molar-refractivity contribution in [3.8, 4) is 5.88 Å². The normalized spacial score (nSPS) is 19.6. The van der Waals surface area contributed by atoms with Gasteiger partial charge in [-0.1, -0.05) is 0 Å². The summed E-state index contributed by atoms with van der Waals surface area (Å²) in [5, 5.41) is 0. The van der Waals surface area contributed by atoms with Crippen molar-refractivity contribution >= 4 is 0 Å². The number of nitrogens with zero attached hydrogens (tertiary/aromatic N) is 4. The summed E-state index contributed by atoms with van der Waals surface area (Å²) >= 11 is 0. The molecule has 136 valence electrons. The first-order valence-corrected chi connectivity index (χ1v) is 7.88. The third-order valence-corrected chi connectivity index (χ3v) is 3.95. The minimum Gasteiger partial charge on any atom is -0.471 e. The first kappa shape index (κ1) is 17.7. The molecule has 2 aromatic rings. The second-order valence-electron chi connectivity index (χ2n) is 5.89. The predicted octanol–water partition coefficient (Wildman–Crippen LogP) is 2.11. The van der Waals surface area contributed by atoms with Crippen molar-refractivity contribution in [2.75, 3.05) is 26.3 Å². The highest BCUT2D eigenvalue weighted by Crippen LogP contribution is 2.29. The summed E-state index contributed by atoms with van der Waals surface area (Å²) in [6.07, 6.45) is -0.325. The van der Waals surface area contributed by atoms with Gasteiger partial charge in [0.15, 0.2) is 0 Å². The second kappa shape index (κ2) is 7.40. The average Bonchev–Trinajstić information content (AvgIpc) is 2.82. The van der Waals surface area contributed by atoms with E-state index in [2.05, 4.69) is 14.9 Å². The lowest BCUT2D eigenvalue weighted by atomic mass is 10.3. The smallest absolute Gasteiger partial charge is 0.417 e. The fourth-order valence-electron chi connectivity index (χ4n) is 2.59. The second-order valence-corrected chi connectivity index (χ2v) is 5.89. The fraction of sp³-hybridized carbons (Fsp3) is 0.500. The van der Waals surface area contributed by atoms with E-state index in [0.717, 1.165) is 24.6 Å². The van der Waals surface area contributed by atoms with Crippen molar-refractivity contribution < 1.29 is 22.6 Å². The third kappa shape index (κ3) is 4.70. The Morgan fingerprint density at radius 3 is 2.80 bits per heavy atom. The van der Waals surface area contributed by atoms with E-state index in [1.54, 1.807) is 6.20 Å². The van der Waals surface area contributed by atoms with Crippen LogP contribution in [-0.2, 0) is 24.5 Å². The highest BCUT2D eigenvalue weighted by Gasteiger charge is 2.31. The van der Waals surface area contributed by atoms with Crippen LogP contribution in [-0.4, -0.2) is 51.8 Å². The van der Waals surface area contributed by atoms with Crippen LogP contribution in [0.25, 0.3) is 0 Å². The van der Waals surface area contributed by atoms with Gasteiger partial charge in [-0.3, -0.25) is 4.90 Å². The van der Waals surface area contributed by atoms with E-state index in [9.17, 15) is 13.2 Å². The van der Waals surface area contributed by atoms with E-state index in [1.807, 2.05) is 17.8 Å². The molecule has 0 unspecified atom stereocenters. The molecule has 25 heavy (non-hydrogen) atoms. The average molecular weight is 356 g/mol. The number of pyridine rings is 1. The van der Waals surface area contributed by atoms with E-state index in [4.69, 9.17) is 9.47 Å². The molecule has 0 aromatic carbocycles. The lowest BCUT2D eigenvalue weighted by molar-refractivity contribution is -0.137. The molecule has 3 heterocycles. The summed E-state index contributed by atoms with van der Waals surface area (Å²) in [6.45, 7) is 2.88. The van der Waals surface area contributed by atoms with Crippen molar-refractivity contribution in [2.24, 2.45) is 7.05 Å². The van der Waals surface area contributed by atoms with Crippen LogP contribution in [0.4, 0.5) is 13.2 Å². The minimum absolute atomic E-state index is 0.153. The largest absolute Gasteiger partial charge is 0.471 e. The van der Waals surface area contributed by atoms with Crippen LogP contribution in [0.3, 0.4) is 0 Å². The van der Waals surface area contributed by atoms with Crippen molar-refractivity contribution in [1.82, 2.24) is 19.4 Å². The number of rotatable bonds is 4. The molecule has 0 radical (unpaired) electrons. The van der Waals surface area contributed by atoms with Gasteiger partial charge in [-0.2, -0.15) is 13.2 Å². The Labute approximate surface area is 143 Å². The number of hydrogen-bond acceptors (Lipinski definition) is 5. The first-order chi connectivity index (χ1) is 11.9. The number of aromatic nitrogens is 3. The van der Waals surface area contributed by atoms with Crippen molar-refractivity contribution in [1.29, 1.82) is 0 Å². The van der Waals surface area contributed by atoms with E-state index >= 15 is 0 Å². The van der Waals surface area contributed by atoms with Gasteiger partial charge in [0.25, 0.3) is 0 Å². The monoisotopic (exact) mass is 356 g/mol. The van der Waals surface area contributed by atoms with Gasteiger partial charge < -0.3 is 14.0 Å². The summed E-state index contributed by atoms with van der Waals surface area (Å²) < 4.78 is 50.9. The molecule has 2 aromatic heterocycles. The van der Waals surface area contributed by atoms with Gasteiger partial charge in [-0.15, -0.1) is 0 Å². The third-order valence-electron chi connectivity index (χ3n) is 3.95. The molecule has 0 bridgehead atoms. The molecule has 0 aliphatic carbocycles. The summed E-state index contributed by atoms with van der Waals surface area (Å²) in [4.78, 5) is 10.2. The summed E-state index contributed by atoms with van der Waals surface area (Å²) in [6, 6.07) is 2.20. The molecule has 0 amide bonds. The van der Waals surface area contributed by atoms with Crippen molar-refractivity contribution in [3.63, 3.8) is 0 Å². The van der Waals surface area contributed by atoms with Crippen LogP contribution >= 0.6 is 0 Å². The summed E-state index contributed by atoms with van der Waals surface area (Å²) in [5.41, 5.74) is -0.798. The van der Waals surface area contributed by atoms with Gasteiger partial charge in [0.1, 0.15) is 11.9 Å². The number of hydrogen-bond donors (Lipinski definition) is 0. The highest BCUT2D eigenvalue weighted by atomic mass is 19.4. The van der Waals surface area contributed by atoms with E-state index in [1.165, 1.54) is 6.07 Å². The molecule has 1 saturated heterocycles. The molecular formula is C16H19F3N4O2. The SMILES string of the molecule is Cn1ccnc1CN1CCOC[C@H](Oc2ccc(C(F)(F)F)cn2)C1. The Balaban J connectivity index is 1.62. The molecule has 1 aliphatic rings. The van der Waals surface area contributed by atoms with E-state index in [-0.39, 0.29) is 12.0 Å². The lowest BCUT2D eigenvalue weighted by Crippen LogP contribution is -2.36. The predicted molar refractivity (Wildman–Crippen MR) is 83.0 cm³/mol. The Kier molecular flexibility index (Phi) is 5.24. The Morgan fingerprint density at radius 1 is 1.32 bits per heavy atom. The molecule has 1 aliphatic heterocycles.